The van der Waals surface area contributed by atoms with E-state index in [2.05, 4.69) is 14.1 Å². The van der Waals surface area contributed by atoms with Crippen LogP contribution in [-0.4, -0.2) is 14.7 Å². The fourth-order valence-corrected chi connectivity index (χ4v) is 3.54. The van der Waals surface area contributed by atoms with Crippen LogP contribution in [0.25, 0.3) is 11.0 Å². The van der Waals surface area contributed by atoms with Gasteiger partial charge in [0.1, 0.15) is 15.9 Å². The van der Waals surface area contributed by atoms with Crippen LogP contribution in [-0.2, 0) is 0 Å². The Hall–Kier alpha value is -1.41. The van der Waals surface area contributed by atoms with Crippen LogP contribution in [0, 0.1) is 0 Å². The van der Waals surface area contributed by atoms with Gasteiger partial charge in [-0.05, 0) is 17.5 Å². The van der Waals surface area contributed by atoms with Gasteiger partial charge in [-0.15, -0.1) is 11.3 Å². The van der Waals surface area contributed by atoms with Crippen molar-refractivity contribution < 1.29 is 4.79 Å². The third kappa shape index (κ3) is 2.22. The SMILES string of the molecule is Nc1ccsc1C(=O)Nc1c(Cl)cc(Cl)c2nsnc12. The fraction of sp³-hybridized carbons (Fsp3) is 0. The first-order chi connectivity index (χ1) is 9.58. The normalized spacial score (nSPS) is 10.9. The Morgan fingerprint density at radius 2 is 2.00 bits per heavy atom. The molecule has 0 aliphatic heterocycles. The zero-order chi connectivity index (χ0) is 14.3. The number of aromatic nitrogens is 2. The van der Waals surface area contributed by atoms with Gasteiger partial charge in [-0.2, -0.15) is 8.75 Å². The molecular weight excluding hydrogens is 339 g/mol. The molecule has 0 saturated heterocycles. The van der Waals surface area contributed by atoms with Crippen LogP contribution in [0.4, 0.5) is 11.4 Å². The summed E-state index contributed by atoms with van der Waals surface area (Å²) in [6.45, 7) is 0. The highest BCUT2D eigenvalue weighted by atomic mass is 35.5. The first-order valence-electron chi connectivity index (χ1n) is 5.32. The fourth-order valence-electron chi connectivity index (χ4n) is 1.67. The Balaban J connectivity index is 2.05. The van der Waals surface area contributed by atoms with E-state index in [-0.39, 0.29) is 5.91 Å². The predicted octanol–water partition coefficient (Wildman–Crippen LogP) is 3.89. The molecule has 102 valence electrons. The van der Waals surface area contributed by atoms with Crippen molar-refractivity contribution in [3.63, 3.8) is 0 Å². The van der Waals surface area contributed by atoms with E-state index in [4.69, 9.17) is 28.9 Å². The molecule has 1 amide bonds. The molecule has 0 fully saturated rings. The van der Waals surface area contributed by atoms with Crippen LogP contribution in [0.5, 0.6) is 0 Å². The Bertz CT molecular complexity index is 814. The van der Waals surface area contributed by atoms with Crippen LogP contribution >= 0.6 is 46.3 Å². The molecule has 0 aliphatic rings. The summed E-state index contributed by atoms with van der Waals surface area (Å²) in [6, 6.07) is 3.20. The summed E-state index contributed by atoms with van der Waals surface area (Å²) >= 11 is 14.4. The third-order valence-corrected chi connectivity index (χ3v) is 4.63. The monoisotopic (exact) mass is 344 g/mol. The van der Waals surface area contributed by atoms with Gasteiger partial charge < -0.3 is 11.1 Å². The number of amides is 1. The highest BCUT2D eigenvalue weighted by Gasteiger charge is 2.18. The van der Waals surface area contributed by atoms with Crippen molar-refractivity contribution in [3.05, 3.63) is 32.4 Å². The van der Waals surface area contributed by atoms with Gasteiger partial charge >= 0.3 is 0 Å². The summed E-state index contributed by atoms with van der Waals surface area (Å²) in [5.74, 6) is -0.337. The van der Waals surface area contributed by atoms with Crippen molar-refractivity contribution in [2.24, 2.45) is 0 Å². The van der Waals surface area contributed by atoms with Gasteiger partial charge in [-0.25, -0.2) is 0 Å². The van der Waals surface area contributed by atoms with E-state index in [1.54, 1.807) is 11.4 Å². The number of hydrogen-bond acceptors (Lipinski definition) is 6. The summed E-state index contributed by atoms with van der Waals surface area (Å²) in [4.78, 5) is 12.6. The average Bonchev–Trinajstić information content (AvgIpc) is 3.02. The van der Waals surface area contributed by atoms with E-state index in [0.29, 0.717) is 37.3 Å². The molecule has 3 N–H and O–H groups in total. The number of nitrogens with one attached hydrogen (secondary N) is 1. The van der Waals surface area contributed by atoms with Gasteiger partial charge in [0.25, 0.3) is 5.91 Å². The number of halogens is 2. The van der Waals surface area contributed by atoms with Crippen molar-refractivity contribution in [1.29, 1.82) is 0 Å². The number of nitrogen functional groups attached to an aromatic ring is 1. The number of carbonyl (C=O) groups is 1. The van der Waals surface area contributed by atoms with Gasteiger partial charge in [0.15, 0.2) is 0 Å². The lowest BCUT2D eigenvalue weighted by Crippen LogP contribution is -2.12. The van der Waals surface area contributed by atoms with Gasteiger partial charge in [-0.3, -0.25) is 4.79 Å². The van der Waals surface area contributed by atoms with Crippen LogP contribution in [0.3, 0.4) is 0 Å². The molecule has 0 atom stereocenters. The largest absolute Gasteiger partial charge is 0.397 e. The molecule has 2 aromatic heterocycles. The number of thiophene rings is 1. The lowest BCUT2D eigenvalue weighted by atomic mass is 10.2. The molecule has 20 heavy (non-hydrogen) atoms. The zero-order valence-electron chi connectivity index (χ0n) is 9.68. The van der Waals surface area contributed by atoms with E-state index >= 15 is 0 Å². The number of carbonyl (C=O) groups excluding carboxylic acids is 1. The summed E-state index contributed by atoms with van der Waals surface area (Å²) in [5, 5.41) is 5.16. The molecule has 0 radical (unpaired) electrons. The van der Waals surface area contributed by atoms with Crippen molar-refractivity contribution in [2.45, 2.75) is 0 Å². The number of fused-ring (bicyclic) bond motifs is 1. The van der Waals surface area contributed by atoms with Gasteiger partial charge in [0, 0.05) is 0 Å². The number of nitrogens with two attached hydrogens (primary N) is 1. The van der Waals surface area contributed by atoms with Crippen molar-refractivity contribution in [2.75, 3.05) is 11.1 Å². The van der Waals surface area contributed by atoms with E-state index < -0.39 is 0 Å². The second-order valence-electron chi connectivity index (χ2n) is 3.84. The standard InChI is InChI=1S/C11H6Cl2N4OS2/c12-4-3-5(13)8-9(17-20-16-8)7(4)15-11(18)10-6(14)1-2-19-10/h1-3H,14H2,(H,15,18). The summed E-state index contributed by atoms with van der Waals surface area (Å²) in [5.41, 5.74) is 7.51. The highest BCUT2D eigenvalue weighted by Crippen LogP contribution is 2.35. The zero-order valence-corrected chi connectivity index (χ0v) is 12.8. The molecule has 3 aromatic rings. The van der Waals surface area contributed by atoms with E-state index in [9.17, 15) is 4.79 Å². The molecule has 0 unspecified atom stereocenters. The van der Waals surface area contributed by atoms with Crippen LogP contribution in [0.15, 0.2) is 17.5 Å². The number of rotatable bonds is 2. The number of benzene rings is 1. The summed E-state index contributed by atoms with van der Waals surface area (Å²) < 4.78 is 8.19. The van der Waals surface area contributed by atoms with Crippen LogP contribution in [0.1, 0.15) is 9.67 Å². The Morgan fingerprint density at radius 3 is 2.70 bits per heavy atom. The van der Waals surface area contributed by atoms with Crippen molar-refractivity contribution >= 4 is 74.6 Å². The Labute approximate surface area is 131 Å². The van der Waals surface area contributed by atoms with E-state index in [1.807, 2.05) is 0 Å². The summed E-state index contributed by atoms with van der Waals surface area (Å²) in [6.07, 6.45) is 0. The second kappa shape index (κ2) is 5.17. The topological polar surface area (TPSA) is 80.9 Å². The first kappa shape index (κ1) is 13.6. The third-order valence-electron chi connectivity index (χ3n) is 2.58. The first-order valence-corrected chi connectivity index (χ1v) is 7.69. The molecule has 0 aliphatic carbocycles. The molecular formula is C11H6Cl2N4OS2. The smallest absolute Gasteiger partial charge is 0.267 e. The molecule has 0 bridgehead atoms. The number of anilines is 2. The molecule has 5 nitrogen and oxygen atoms in total. The van der Waals surface area contributed by atoms with Gasteiger partial charge in [0.2, 0.25) is 0 Å². The molecule has 3 rings (SSSR count). The molecule has 0 saturated carbocycles. The van der Waals surface area contributed by atoms with Gasteiger partial charge in [0.05, 0.1) is 33.1 Å². The van der Waals surface area contributed by atoms with Crippen molar-refractivity contribution in [1.82, 2.24) is 8.75 Å². The highest BCUT2D eigenvalue weighted by molar-refractivity contribution is 7.12. The van der Waals surface area contributed by atoms with Gasteiger partial charge in [-0.1, -0.05) is 23.2 Å². The lowest BCUT2D eigenvalue weighted by Gasteiger charge is -2.08. The minimum absolute atomic E-state index is 0.304. The molecule has 0 spiro atoms. The minimum atomic E-state index is -0.337. The second-order valence-corrected chi connectivity index (χ2v) is 6.09. The maximum absolute atomic E-state index is 12.2. The molecule has 2 heterocycles. The van der Waals surface area contributed by atoms with Crippen molar-refractivity contribution in [3.8, 4) is 0 Å². The average molecular weight is 345 g/mol. The Morgan fingerprint density at radius 1 is 1.25 bits per heavy atom. The minimum Gasteiger partial charge on any atom is -0.397 e. The summed E-state index contributed by atoms with van der Waals surface area (Å²) in [7, 11) is 0. The van der Waals surface area contributed by atoms with Crippen LogP contribution < -0.4 is 11.1 Å². The predicted molar refractivity (Wildman–Crippen MR) is 84.1 cm³/mol. The molecule has 1 aromatic carbocycles. The van der Waals surface area contributed by atoms with E-state index in [0.717, 1.165) is 11.7 Å². The number of nitrogens with zero attached hydrogens (tertiary/aromatic N) is 2. The lowest BCUT2D eigenvalue weighted by molar-refractivity contribution is 0.103. The number of hydrogen-bond donors (Lipinski definition) is 2. The molecule has 9 heteroatoms. The van der Waals surface area contributed by atoms with Crippen LogP contribution in [0.2, 0.25) is 10.0 Å². The van der Waals surface area contributed by atoms with E-state index in [1.165, 1.54) is 17.4 Å². The Kier molecular flexibility index (Phi) is 3.51. The maximum Gasteiger partial charge on any atom is 0.267 e. The maximum atomic E-state index is 12.2. The quantitative estimate of drug-likeness (QED) is 0.738.